The van der Waals surface area contributed by atoms with E-state index >= 15 is 0 Å². The molecule has 5 nitrogen and oxygen atoms in total. The Hall–Kier alpha value is -1.75. The number of carboxylic acids is 1. The second-order valence-corrected chi connectivity index (χ2v) is 4.51. The maximum atomic E-state index is 11.8. The van der Waals surface area contributed by atoms with Crippen molar-refractivity contribution in [2.45, 2.75) is 19.9 Å². The smallest absolute Gasteiger partial charge is 0.339 e. The zero-order chi connectivity index (χ0) is 13.9. The molecule has 6 heteroatoms. The number of aromatic carboxylic acids is 1. The fourth-order valence-corrected chi connectivity index (χ4v) is 1.54. The van der Waals surface area contributed by atoms with Crippen LogP contribution in [0.2, 0.25) is 5.02 Å². The Bertz CT molecular complexity index is 474. The molecule has 0 radical (unpaired) electrons. The molecule has 0 unspecified atom stereocenters. The van der Waals surface area contributed by atoms with Crippen LogP contribution in [0.25, 0.3) is 0 Å². The molecule has 1 aromatic carbocycles. The van der Waals surface area contributed by atoms with Gasteiger partial charge in [0, 0.05) is 13.1 Å². The molecule has 0 saturated heterocycles. The van der Waals surface area contributed by atoms with Crippen LogP contribution < -0.4 is 5.32 Å². The van der Waals surface area contributed by atoms with Crippen LogP contribution in [0, 0.1) is 0 Å². The van der Waals surface area contributed by atoms with Gasteiger partial charge in [-0.3, -0.25) is 0 Å². The molecule has 2 N–H and O–H groups in total. The Kier molecular flexibility index (Phi) is 4.55. The number of nitrogens with one attached hydrogen (secondary N) is 1. The summed E-state index contributed by atoms with van der Waals surface area (Å²) in [5, 5.41) is 11.7. The van der Waals surface area contributed by atoms with Crippen LogP contribution in [0.5, 0.6) is 0 Å². The third-order valence-corrected chi connectivity index (χ3v) is 2.88. The summed E-state index contributed by atoms with van der Waals surface area (Å²) in [4.78, 5) is 24.4. The molecule has 0 fully saturated rings. The predicted octanol–water partition coefficient (Wildman–Crippen LogP) is 2.91. The van der Waals surface area contributed by atoms with Crippen molar-refractivity contribution in [1.82, 2.24) is 4.90 Å². The zero-order valence-electron chi connectivity index (χ0n) is 10.4. The van der Waals surface area contributed by atoms with E-state index in [1.54, 1.807) is 13.1 Å². The lowest BCUT2D eigenvalue weighted by Crippen LogP contribution is -2.36. The van der Waals surface area contributed by atoms with E-state index in [1.165, 1.54) is 17.0 Å². The number of hydrogen-bond acceptors (Lipinski definition) is 2. The highest BCUT2D eigenvalue weighted by atomic mass is 35.5. The summed E-state index contributed by atoms with van der Waals surface area (Å²) in [6, 6.07) is 4.18. The molecule has 0 heterocycles. The molecule has 0 atom stereocenters. The second kappa shape index (κ2) is 5.73. The number of anilines is 1. The number of carbonyl (C=O) groups excluding carboxylic acids is 1. The van der Waals surface area contributed by atoms with Crippen molar-refractivity contribution >= 4 is 29.3 Å². The molecule has 0 aliphatic rings. The van der Waals surface area contributed by atoms with Crippen LogP contribution in [-0.4, -0.2) is 35.1 Å². The Labute approximate surface area is 110 Å². The summed E-state index contributed by atoms with van der Waals surface area (Å²) >= 11 is 5.80. The number of carboxylic acid groups (broad SMARTS) is 1. The van der Waals surface area contributed by atoms with Crippen molar-refractivity contribution in [3.05, 3.63) is 28.8 Å². The molecule has 1 aromatic rings. The molecule has 0 bridgehead atoms. The summed E-state index contributed by atoms with van der Waals surface area (Å²) in [5.74, 6) is -1.18. The quantitative estimate of drug-likeness (QED) is 0.887. The number of amides is 2. The van der Waals surface area contributed by atoms with E-state index in [0.29, 0.717) is 0 Å². The first-order valence-electron chi connectivity index (χ1n) is 5.40. The second-order valence-electron chi connectivity index (χ2n) is 4.10. The van der Waals surface area contributed by atoms with Crippen molar-refractivity contribution in [2.24, 2.45) is 0 Å². The van der Waals surface area contributed by atoms with Crippen molar-refractivity contribution in [3.63, 3.8) is 0 Å². The number of benzene rings is 1. The molecular weight excluding hydrogens is 256 g/mol. The topological polar surface area (TPSA) is 69.6 Å². The van der Waals surface area contributed by atoms with E-state index in [-0.39, 0.29) is 28.3 Å². The number of urea groups is 1. The van der Waals surface area contributed by atoms with Gasteiger partial charge in [-0.25, -0.2) is 9.59 Å². The van der Waals surface area contributed by atoms with Gasteiger partial charge in [0.25, 0.3) is 0 Å². The van der Waals surface area contributed by atoms with Gasteiger partial charge in [0.2, 0.25) is 0 Å². The van der Waals surface area contributed by atoms with E-state index in [0.717, 1.165) is 0 Å². The first-order chi connectivity index (χ1) is 8.34. The summed E-state index contributed by atoms with van der Waals surface area (Å²) in [7, 11) is 1.63. The highest BCUT2D eigenvalue weighted by molar-refractivity contribution is 6.34. The molecule has 0 aliphatic carbocycles. The van der Waals surface area contributed by atoms with E-state index in [4.69, 9.17) is 16.7 Å². The lowest BCUT2D eigenvalue weighted by atomic mass is 10.2. The van der Waals surface area contributed by atoms with Gasteiger partial charge in [-0.15, -0.1) is 0 Å². The van der Waals surface area contributed by atoms with Crippen LogP contribution in [-0.2, 0) is 0 Å². The first-order valence-corrected chi connectivity index (χ1v) is 5.78. The Morgan fingerprint density at radius 3 is 2.50 bits per heavy atom. The summed E-state index contributed by atoms with van der Waals surface area (Å²) in [6.07, 6.45) is 0. The average Bonchev–Trinajstić information content (AvgIpc) is 2.27. The van der Waals surface area contributed by atoms with Gasteiger partial charge in [0.1, 0.15) is 5.56 Å². The summed E-state index contributed by atoms with van der Waals surface area (Å²) in [6.45, 7) is 3.71. The highest BCUT2D eigenvalue weighted by Gasteiger charge is 2.18. The predicted molar refractivity (Wildman–Crippen MR) is 70.3 cm³/mol. The molecule has 0 aromatic heterocycles. The van der Waals surface area contributed by atoms with Crippen LogP contribution in [0.1, 0.15) is 24.2 Å². The maximum Gasteiger partial charge on any atom is 0.339 e. The minimum atomic E-state index is -1.18. The molecule has 1 rings (SSSR count). The summed E-state index contributed by atoms with van der Waals surface area (Å²) < 4.78 is 0. The number of halogens is 1. The number of nitrogens with zero attached hydrogens (tertiary/aromatic N) is 1. The van der Waals surface area contributed by atoms with Crippen molar-refractivity contribution < 1.29 is 14.7 Å². The molecule has 18 heavy (non-hydrogen) atoms. The lowest BCUT2D eigenvalue weighted by Gasteiger charge is -2.22. The molecule has 0 aliphatic heterocycles. The number of rotatable bonds is 3. The van der Waals surface area contributed by atoms with Crippen LogP contribution in [0.4, 0.5) is 10.5 Å². The van der Waals surface area contributed by atoms with Crippen LogP contribution in [0.15, 0.2) is 18.2 Å². The van der Waals surface area contributed by atoms with Crippen LogP contribution >= 0.6 is 11.6 Å². The zero-order valence-corrected chi connectivity index (χ0v) is 11.2. The van der Waals surface area contributed by atoms with E-state index in [1.807, 2.05) is 13.8 Å². The minimum absolute atomic E-state index is 0.0115. The monoisotopic (exact) mass is 270 g/mol. The first kappa shape index (κ1) is 14.3. The fourth-order valence-electron chi connectivity index (χ4n) is 1.28. The Morgan fingerprint density at radius 2 is 2.00 bits per heavy atom. The molecule has 2 amide bonds. The fraction of sp³-hybridized carbons (Fsp3) is 0.333. The molecule has 98 valence electrons. The van der Waals surface area contributed by atoms with Gasteiger partial charge in [-0.2, -0.15) is 0 Å². The van der Waals surface area contributed by atoms with Gasteiger partial charge in [-0.05, 0) is 26.0 Å². The molecule has 0 spiro atoms. The van der Waals surface area contributed by atoms with Crippen molar-refractivity contribution in [2.75, 3.05) is 12.4 Å². The Balaban J connectivity index is 3.02. The third kappa shape index (κ3) is 3.13. The standard InChI is InChI=1S/C12H15ClN2O3/c1-7(2)15(3)12(18)14-9-6-4-5-8(13)10(9)11(16)17/h4-7H,1-3H3,(H,14,18)(H,16,17). The van der Waals surface area contributed by atoms with Gasteiger partial charge < -0.3 is 15.3 Å². The van der Waals surface area contributed by atoms with Gasteiger partial charge in [0.05, 0.1) is 10.7 Å². The lowest BCUT2D eigenvalue weighted by molar-refractivity contribution is 0.0698. The summed E-state index contributed by atoms with van der Waals surface area (Å²) in [5.41, 5.74) is 0.0807. The van der Waals surface area contributed by atoms with Crippen molar-refractivity contribution in [3.8, 4) is 0 Å². The third-order valence-electron chi connectivity index (χ3n) is 2.56. The van der Waals surface area contributed by atoms with Gasteiger partial charge in [-0.1, -0.05) is 17.7 Å². The van der Waals surface area contributed by atoms with Gasteiger partial charge in [0.15, 0.2) is 0 Å². The molecular formula is C12H15ClN2O3. The van der Waals surface area contributed by atoms with Gasteiger partial charge >= 0.3 is 12.0 Å². The van der Waals surface area contributed by atoms with E-state index in [2.05, 4.69) is 5.32 Å². The SMILES string of the molecule is CC(C)N(C)C(=O)Nc1cccc(Cl)c1C(=O)O. The van der Waals surface area contributed by atoms with Crippen molar-refractivity contribution in [1.29, 1.82) is 0 Å². The number of hydrogen-bond donors (Lipinski definition) is 2. The van der Waals surface area contributed by atoms with Crippen LogP contribution in [0.3, 0.4) is 0 Å². The Morgan fingerprint density at radius 1 is 1.39 bits per heavy atom. The molecule has 0 saturated carbocycles. The van der Waals surface area contributed by atoms with E-state index < -0.39 is 5.97 Å². The minimum Gasteiger partial charge on any atom is -0.478 e. The maximum absolute atomic E-state index is 11.8. The normalized spacial score (nSPS) is 10.3. The largest absolute Gasteiger partial charge is 0.478 e. The number of carbonyl (C=O) groups is 2. The van der Waals surface area contributed by atoms with E-state index in [9.17, 15) is 9.59 Å². The average molecular weight is 271 g/mol. The highest BCUT2D eigenvalue weighted by Crippen LogP contribution is 2.24.